The van der Waals surface area contributed by atoms with E-state index >= 15 is 0 Å². The molecule has 0 aromatic heterocycles. The third-order valence-corrected chi connectivity index (χ3v) is 6.13. The van der Waals surface area contributed by atoms with Gasteiger partial charge in [-0.1, -0.05) is 30.3 Å². The molecule has 26 heavy (non-hydrogen) atoms. The number of ether oxygens (including phenoxy) is 1. The van der Waals surface area contributed by atoms with E-state index in [1.807, 2.05) is 18.2 Å². The van der Waals surface area contributed by atoms with Gasteiger partial charge in [0.2, 0.25) is 0 Å². The summed E-state index contributed by atoms with van der Waals surface area (Å²) in [6, 6.07) is 16.5. The van der Waals surface area contributed by atoms with Gasteiger partial charge in [0.25, 0.3) is 15.7 Å². The van der Waals surface area contributed by atoms with Gasteiger partial charge in [0.15, 0.2) is 0 Å². The van der Waals surface area contributed by atoms with Gasteiger partial charge < -0.3 is 4.74 Å². The minimum absolute atomic E-state index is 0.0742. The van der Waals surface area contributed by atoms with E-state index in [1.54, 1.807) is 24.3 Å². The number of non-ortho nitro benzene ring substituents is 1. The first-order valence-electron chi connectivity index (χ1n) is 7.90. The Hall–Kier alpha value is -3.13. The van der Waals surface area contributed by atoms with Crippen molar-refractivity contribution in [3.05, 3.63) is 70.8 Å². The van der Waals surface area contributed by atoms with Crippen molar-refractivity contribution in [2.75, 3.05) is 17.5 Å². The van der Waals surface area contributed by atoms with Gasteiger partial charge >= 0.3 is 0 Å². The quantitative estimate of drug-likeness (QED) is 0.508. The van der Waals surface area contributed by atoms with E-state index in [-0.39, 0.29) is 18.8 Å². The summed E-state index contributed by atoms with van der Waals surface area (Å²) in [7, 11) is -3.63. The van der Waals surface area contributed by atoms with Gasteiger partial charge in [-0.2, -0.15) is 0 Å². The van der Waals surface area contributed by atoms with Gasteiger partial charge in [0.1, 0.15) is 12.4 Å². The summed E-state index contributed by atoms with van der Waals surface area (Å²) >= 11 is 0. The van der Waals surface area contributed by atoms with E-state index in [4.69, 9.17) is 4.74 Å². The van der Waals surface area contributed by atoms with Crippen molar-refractivity contribution < 1.29 is 18.1 Å². The van der Waals surface area contributed by atoms with Crippen LogP contribution < -0.4 is 9.04 Å². The molecule has 0 amide bonds. The topological polar surface area (TPSA) is 89.8 Å². The van der Waals surface area contributed by atoms with Crippen molar-refractivity contribution in [3.8, 4) is 5.75 Å². The first kappa shape index (κ1) is 16.3. The predicted octanol–water partition coefficient (Wildman–Crippen LogP) is 3.34. The molecule has 7 nitrogen and oxygen atoms in total. The Kier molecular flexibility index (Phi) is 3.77. The van der Waals surface area contributed by atoms with E-state index in [0.717, 1.165) is 5.39 Å². The molecular formula is C18H14N2O5S. The molecule has 3 aromatic carbocycles. The monoisotopic (exact) mass is 370 g/mol. The fourth-order valence-corrected chi connectivity index (χ4v) is 4.83. The zero-order chi connectivity index (χ0) is 18.3. The lowest BCUT2D eigenvalue weighted by Gasteiger charge is -2.19. The maximum Gasteiger partial charge on any atom is 0.273 e. The zero-order valence-electron chi connectivity index (χ0n) is 13.5. The number of benzene rings is 3. The first-order valence-corrected chi connectivity index (χ1v) is 9.34. The largest absolute Gasteiger partial charge is 0.491 e. The molecule has 3 aromatic rings. The fourth-order valence-electron chi connectivity index (χ4n) is 3.13. The Labute approximate surface area is 149 Å². The van der Waals surface area contributed by atoms with E-state index in [0.29, 0.717) is 21.7 Å². The minimum atomic E-state index is -3.63. The van der Waals surface area contributed by atoms with Crippen molar-refractivity contribution in [3.63, 3.8) is 0 Å². The number of rotatable bonds is 5. The molecule has 0 aliphatic carbocycles. The second kappa shape index (κ2) is 5.99. The van der Waals surface area contributed by atoms with Gasteiger partial charge in [-0.25, -0.2) is 8.42 Å². The number of hydrogen-bond donors (Lipinski definition) is 0. The normalized spacial score (nSPS) is 14.5. The minimum Gasteiger partial charge on any atom is -0.491 e. The number of hydrogen-bond acceptors (Lipinski definition) is 5. The second-order valence-corrected chi connectivity index (χ2v) is 7.64. The molecule has 132 valence electrons. The lowest BCUT2D eigenvalue weighted by atomic mass is 10.1. The maximum absolute atomic E-state index is 12.8. The highest BCUT2D eigenvalue weighted by molar-refractivity contribution is 7.93. The van der Waals surface area contributed by atoms with E-state index < -0.39 is 14.9 Å². The van der Waals surface area contributed by atoms with Crippen LogP contribution in [0.1, 0.15) is 0 Å². The Morgan fingerprint density at radius 1 is 1.04 bits per heavy atom. The number of nitro groups is 1. The first-order chi connectivity index (χ1) is 12.5. The van der Waals surface area contributed by atoms with Gasteiger partial charge in [0, 0.05) is 11.5 Å². The molecule has 0 unspecified atom stereocenters. The number of anilines is 1. The highest BCUT2D eigenvalue weighted by atomic mass is 32.2. The van der Waals surface area contributed by atoms with Crippen LogP contribution in [0.3, 0.4) is 0 Å². The Morgan fingerprint density at radius 3 is 2.54 bits per heavy atom. The lowest BCUT2D eigenvalue weighted by Crippen LogP contribution is -2.31. The van der Waals surface area contributed by atoms with E-state index in [1.165, 1.54) is 22.5 Å². The van der Waals surface area contributed by atoms with Crippen LogP contribution >= 0.6 is 0 Å². The molecule has 0 fully saturated rings. The standard InChI is InChI=1S/C18H14N2O5S/c21-20(22)14-6-3-7-15(12-14)25-11-10-19-16-8-1-4-13-5-2-9-17(18(13)16)26(19,23)24/h1-9,12H,10-11H2. The zero-order valence-corrected chi connectivity index (χ0v) is 14.3. The van der Waals surface area contributed by atoms with Gasteiger partial charge in [0.05, 0.1) is 28.1 Å². The second-order valence-electron chi connectivity index (χ2n) is 5.81. The summed E-state index contributed by atoms with van der Waals surface area (Å²) in [6.45, 7) is 0.184. The van der Waals surface area contributed by atoms with Crippen LogP contribution in [0.4, 0.5) is 11.4 Å². The molecule has 0 bridgehead atoms. The molecule has 0 saturated carbocycles. The van der Waals surface area contributed by atoms with E-state index in [2.05, 4.69) is 0 Å². The summed E-state index contributed by atoms with van der Waals surface area (Å²) in [4.78, 5) is 10.6. The van der Waals surface area contributed by atoms with Crippen molar-refractivity contribution in [2.45, 2.75) is 4.90 Å². The molecule has 0 atom stereocenters. The highest BCUT2D eigenvalue weighted by Gasteiger charge is 2.35. The average molecular weight is 370 g/mol. The fraction of sp³-hybridized carbons (Fsp3) is 0.111. The number of nitrogens with zero attached hydrogens (tertiary/aromatic N) is 2. The van der Waals surface area contributed by atoms with Crippen molar-refractivity contribution in [2.24, 2.45) is 0 Å². The highest BCUT2D eigenvalue weighted by Crippen LogP contribution is 2.41. The molecule has 4 rings (SSSR count). The Balaban J connectivity index is 1.57. The smallest absolute Gasteiger partial charge is 0.273 e. The van der Waals surface area contributed by atoms with Crippen LogP contribution in [0.15, 0.2) is 65.6 Å². The van der Waals surface area contributed by atoms with Crippen LogP contribution in [-0.2, 0) is 10.0 Å². The third kappa shape index (κ3) is 2.55. The average Bonchev–Trinajstić information content (AvgIpc) is 2.85. The maximum atomic E-state index is 12.8. The summed E-state index contributed by atoms with van der Waals surface area (Å²) in [6.07, 6.45) is 0. The van der Waals surface area contributed by atoms with Crippen molar-refractivity contribution in [1.29, 1.82) is 0 Å². The molecular weight excluding hydrogens is 356 g/mol. The molecule has 0 saturated heterocycles. The predicted molar refractivity (Wildman–Crippen MR) is 97.1 cm³/mol. The number of sulfonamides is 1. The SMILES string of the molecule is O=[N+]([O-])c1cccc(OCCN2c3cccc4cccc(c34)S2(=O)=O)c1. The van der Waals surface area contributed by atoms with Crippen LogP contribution in [0.5, 0.6) is 5.75 Å². The van der Waals surface area contributed by atoms with Crippen LogP contribution in [-0.4, -0.2) is 26.5 Å². The van der Waals surface area contributed by atoms with Crippen molar-refractivity contribution in [1.82, 2.24) is 0 Å². The molecule has 0 radical (unpaired) electrons. The van der Waals surface area contributed by atoms with Gasteiger partial charge in [-0.3, -0.25) is 14.4 Å². The summed E-state index contributed by atoms with van der Waals surface area (Å²) in [5, 5.41) is 12.4. The molecule has 0 spiro atoms. The van der Waals surface area contributed by atoms with Crippen molar-refractivity contribution >= 4 is 32.2 Å². The molecule has 1 aliphatic rings. The molecule has 0 N–H and O–H groups in total. The van der Waals surface area contributed by atoms with Crippen LogP contribution in [0.25, 0.3) is 10.8 Å². The molecule has 1 heterocycles. The Bertz CT molecular complexity index is 1120. The van der Waals surface area contributed by atoms with Crippen LogP contribution in [0, 0.1) is 10.1 Å². The van der Waals surface area contributed by atoms with Gasteiger partial charge in [-0.15, -0.1) is 0 Å². The molecule has 1 aliphatic heterocycles. The number of nitro benzene ring substituents is 1. The Morgan fingerprint density at radius 2 is 1.77 bits per heavy atom. The summed E-state index contributed by atoms with van der Waals surface area (Å²) in [5.74, 6) is 0.325. The summed E-state index contributed by atoms with van der Waals surface area (Å²) < 4.78 is 32.5. The van der Waals surface area contributed by atoms with E-state index in [9.17, 15) is 18.5 Å². The van der Waals surface area contributed by atoms with Crippen LogP contribution in [0.2, 0.25) is 0 Å². The molecule has 8 heteroatoms. The lowest BCUT2D eigenvalue weighted by molar-refractivity contribution is -0.384. The third-order valence-electron chi connectivity index (χ3n) is 4.27. The van der Waals surface area contributed by atoms with Gasteiger partial charge in [-0.05, 0) is 23.6 Å². The summed E-state index contributed by atoms with van der Waals surface area (Å²) in [5.41, 5.74) is 0.550.